The summed E-state index contributed by atoms with van der Waals surface area (Å²) >= 11 is 0. The maximum absolute atomic E-state index is 3.48. The highest BCUT2D eigenvalue weighted by Gasteiger charge is 2.11. The molecule has 1 unspecified atom stereocenters. The molecule has 1 saturated heterocycles. The zero-order chi connectivity index (χ0) is 7.98. The summed E-state index contributed by atoms with van der Waals surface area (Å²) in [6, 6.07) is 1.53. The van der Waals surface area contributed by atoms with Crippen molar-refractivity contribution in [2.75, 3.05) is 0 Å². The van der Waals surface area contributed by atoms with E-state index in [4.69, 9.17) is 0 Å². The van der Waals surface area contributed by atoms with Gasteiger partial charge < -0.3 is 5.32 Å². The SMILES string of the molecule is CC.CC1CCC[C@H](C)N1. The zero-order valence-corrected chi connectivity index (χ0v) is 7.78. The quantitative estimate of drug-likeness (QED) is 0.549. The van der Waals surface area contributed by atoms with Crippen LogP contribution in [0, 0.1) is 0 Å². The number of hydrogen-bond donors (Lipinski definition) is 1. The average Bonchev–Trinajstić information content (AvgIpc) is 1.91. The van der Waals surface area contributed by atoms with Crippen molar-refractivity contribution in [3.8, 4) is 0 Å². The van der Waals surface area contributed by atoms with Crippen molar-refractivity contribution in [3.05, 3.63) is 0 Å². The monoisotopic (exact) mass is 143 g/mol. The molecule has 10 heavy (non-hydrogen) atoms. The molecule has 2 atom stereocenters. The topological polar surface area (TPSA) is 12.0 Å². The van der Waals surface area contributed by atoms with Gasteiger partial charge in [-0.15, -0.1) is 0 Å². The van der Waals surface area contributed by atoms with Gasteiger partial charge in [0.2, 0.25) is 0 Å². The second kappa shape index (κ2) is 5.72. The van der Waals surface area contributed by atoms with Crippen LogP contribution in [-0.2, 0) is 0 Å². The Morgan fingerprint density at radius 3 is 1.60 bits per heavy atom. The molecule has 1 heterocycles. The van der Waals surface area contributed by atoms with Gasteiger partial charge in [-0.05, 0) is 26.7 Å². The maximum atomic E-state index is 3.48. The fourth-order valence-electron chi connectivity index (χ4n) is 1.38. The molecule has 1 N–H and O–H groups in total. The van der Waals surface area contributed by atoms with E-state index in [9.17, 15) is 0 Å². The first-order valence-electron chi connectivity index (χ1n) is 4.55. The predicted molar refractivity (Wildman–Crippen MR) is 47.3 cm³/mol. The lowest BCUT2D eigenvalue weighted by Gasteiger charge is -2.25. The Hall–Kier alpha value is -0.0400. The van der Waals surface area contributed by atoms with Crippen LogP contribution in [0.15, 0.2) is 0 Å². The first-order chi connectivity index (χ1) is 4.79. The molecule has 1 aliphatic rings. The molecule has 0 saturated carbocycles. The van der Waals surface area contributed by atoms with E-state index in [1.54, 1.807) is 0 Å². The smallest absolute Gasteiger partial charge is 0.00412 e. The molecule has 0 bridgehead atoms. The molecule has 1 rings (SSSR count). The van der Waals surface area contributed by atoms with Gasteiger partial charge in [0.1, 0.15) is 0 Å². The molecule has 0 aromatic rings. The van der Waals surface area contributed by atoms with Crippen LogP contribution in [-0.4, -0.2) is 12.1 Å². The molecule has 0 radical (unpaired) electrons. The highest BCUT2D eigenvalue weighted by molar-refractivity contribution is 4.73. The highest BCUT2D eigenvalue weighted by atomic mass is 14.9. The molecule has 1 aliphatic heterocycles. The number of hydrogen-bond acceptors (Lipinski definition) is 1. The molecule has 0 amide bonds. The van der Waals surface area contributed by atoms with Gasteiger partial charge >= 0.3 is 0 Å². The van der Waals surface area contributed by atoms with Crippen molar-refractivity contribution in [1.82, 2.24) is 5.32 Å². The number of nitrogens with one attached hydrogen (secondary N) is 1. The summed E-state index contributed by atoms with van der Waals surface area (Å²) in [5, 5.41) is 3.48. The van der Waals surface area contributed by atoms with E-state index < -0.39 is 0 Å². The van der Waals surface area contributed by atoms with Crippen LogP contribution >= 0.6 is 0 Å². The zero-order valence-electron chi connectivity index (χ0n) is 7.78. The average molecular weight is 143 g/mol. The molecular formula is C9H21N. The summed E-state index contributed by atoms with van der Waals surface area (Å²) in [6.45, 7) is 8.52. The van der Waals surface area contributed by atoms with Crippen LogP contribution in [0.3, 0.4) is 0 Å². The van der Waals surface area contributed by atoms with E-state index in [0.29, 0.717) is 0 Å². The maximum Gasteiger partial charge on any atom is 0.00412 e. The lowest BCUT2D eigenvalue weighted by molar-refractivity contribution is 0.352. The fourth-order valence-corrected chi connectivity index (χ4v) is 1.38. The number of rotatable bonds is 0. The second-order valence-corrected chi connectivity index (χ2v) is 2.90. The van der Waals surface area contributed by atoms with Gasteiger partial charge in [0, 0.05) is 12.1 Å². The van der Waals surface area contributed by atoms with Crippen LogP contribution in [0.4, 0.5) is 0 Å². The molecule has 0 aromatic heterocycles. The fraction of sp³-hybridized carbons (Fsp3) is 1.00. The van der Waals surface area contributed by atoms with Crippen molar-refractivity contribution < 1.29 is 0 Å². The van der Waals surface area contributed by atoms with Gasteiger partial charge in [0.05, 0.1) is 0 Å². The molecule has 1 fully saturated rings. The Morgan fingerprint density at radius 2 is 1.40 bits per heavy atom. The van der Waals surface area contributed by atoms with Gasteiger partial charge in [0.25, 0.3) is 0 Å². The summed E-state index contributed by atoms with van der Waals surface area (Å²) in [6.07, 6.45) is 4.14. The van der Waals surface area contributed by atoms with Crippen molar-refractivity contribution in [2.24, 2.45) is 0 Å². The standard InChI is InChI=1S/C7H15N.C2H6/c1-6-4-3-5-7(2)8-6;1-2/h6-8H,3-5H2,1-2H3;1-2H3/t6-,7?;/m0./s1. The van der Waals surface area contributed by atoms with Crippen LogP contribution in [0.5, 0.6) is 0 Å². The minimum atomic E-state index is 0.763. The Labute approximate surface area is 65.2 Å². The first-order valence-corrected chi connectivity index (χ1v) is 4.55. The Kier molecular flexibility index (Phi) is 5.70. The van der Waals surface area contributed by atoms with Crippen LogP contribution in [0.25, 0.3) is 0 Å². The summed E-state index contributed by atoms with van der Waals surface area (Å²) in [7, 11) is 0. The summed E-state index contributed by atoms with van der Waals surface area (Å²) in [4.78, 5) is 0. The molecule has 1 nitrogen and oxygen atoms in total. The van der Waals surface area contributed by atoms with Gasteiger partial charge in [0.15, 0.2) is 0 Å². The van der Waals surface area contributed by atoms with E-state index in [0.717, 1.165) is 12.1 Å². The third-order valence-corrected chi connectivity index (χ3v) is 1.84. The van der Waals surface area contributed by atoms with Crippen molar-refractivity contribution in [2.45, 2.75) is 59.0 Å². The Bertz CT molecular complexity index is 63.1. The molecule has 0 aromatic carbocycles. The van der Waals surface area contributed by atoms with Gasteiger partial charge in [-0.1, -0.05) is 20.3 Å². The Balaban J connectivity index is 0.000000371. The summed E-state index contributed by atoms with van der Waals surface area (Å²) < 4.78 is 0. The van der Waals surface area contributed by atoms with Gasteiger partial charge in [-0.25, -0.2) is 0 Å². The van der Waals surface area contributed by atoms with E-state index in [-0.39, 0.29) is 0 Å². The minimum absolute atomic E-state index is 0.763. The van der Waals surface area contributed by atoms with Crippen molar-refractivity contribution in [1.29, 1.82) is 0 Å². The van der Waals surface area contributed by atoms with Crippen LogP contribution in [0.1, 0.15) is 47.0 Å². The largest absolute Gasteiger partial charge is 0.312 e. The first kappa shape index (κ1) is 9.96. The third-order valence-electron chi connectivity index (χ3n) is 1.84. The van der Waals surface area contributed by atoms with Gasteiger partial charge in [-0.2, -0.15) is 0 Å². The van der Waals surface area contributed by atoms with E-state index >= 15 is 0 Å². The van der Waals surface area contributed by atoms with Crippen molar-refractivity contribution in [3.63, 3.8) is 0 Å². The predicted octanol–water partition coefficient (Wildman–Crippen LogP) is 2.56. The molecular weight excluding hydrogens is 122 g/mol. The van der Waals surface area contributed by atoms with Gasteiger partial charge in [-0.3, -0.25) is 0 Å². The molecule has 0 aliphatic carbocycles. The van der Waals surface area contributed by atoms with E-state index in [1.165, 1.54) is 19.3 Å². The van der Waals surface area contributed by atoms with Crippen LogP contribution < -0.4 is 5.32 Å². The lowest BCUT2D eigenvalue weighted by atomic mass is 10.0. The normalized spacial score (nSPS) is 32.4. The molecule has 62 valence electrons. The van der Waals surface area contributed by atoms with Crippen LogP contribution in [0.2, 0.25) is 0 Å². The third kappa shape index (κ3) is 3.89. The number of piperidine rings is 1. The van der Waals surface area contributed by atoms with Crippen molar-refractivity contribution >= 4 is 0 Å². The lowest BCUT2D eigenvalue weighted by Crippen LogP contribution is -2.38. The van der Waals surface area contributed by atoms with E-state index in [1.807, 2.05) is 13.8 Å². The Morgan fingerprint density at radius 1 is 1.00 bits per heavy atom. The molecule has 0 spiro atoms. The highest BCUT2D eigenvalue weighted by Crippen LogP contribution is 2.10. The van der Waals surface area contributed by atoms with E-state index in [2.05, 4.69) is 19.2 Å². The molecule has 1 heteroatoms. The second-order valence-electron chi connectivity index (χ2n) is 2.90. The summed E-state index contributed by atoms with van der Waals surface area (Å²) in [5.41, 5.74) is 0. The minimum Gasteiger partial charge on any atom is -0.312 e. The summed E-state index contributed by atoms with van der Waals surface area (Å²) in [5.74, 6) is 0.